The van der Waals surface area contributed by atoms with E-state index in [1.807, 2.05) is 18.2 Å². The average molecular weight is 2050 g/mol. The molecule has 3 amide bonds. The van der Waals surface area contributed by atoms with Crippen molar-refractivity contribution >= 4 is 179 Å². The van der Waals surface area contributed by atoms with Crippen molar-refractivity contribution < 1.29 is 51.6 Å². The third kappa shape index (κ3) is 25.8. The van der Waals surface area contributed by atoms with Gasteiger partial charge >= 0.3 is 18.0 Å². The lowest BCUT2D eigenvalue weighted by molar-refractivity contribution is -0.131. The average Bonchev–Trinajstić information content (AvgIpc) is 0.819. The molecule has 0 bridgehead atoms. The highest BCUT2D eigenvalue weighted by atomic mass is 32.1. The third-order valence-electron chi connectivity index (χ3n) is 27.4. The SMILES string of the molecule is S.S.S.S.S.S.S.[C-]#[N+]C[C@H]1CN(c2nc(OCCCN3C[C@H](C)OC[C@@H]3C)nc3c2CCN(c2cccc4cccc(C)c24)C3)CCN1C(=O)C(=C)F.[C-]#[N+]C[C@H]1CN(c2nc(OC[C@@H]3CCCN3)nc3c2CCN(c2cccc4cccc(C)c24)C3)CCN1C(=O)C(=C)F.[C-]#[N+]C[C@H]1CN(c2nc(OC[C@@H]3CCCN3C)nc3c2CCN(c2cccc4cccc(CO)c24)C3)CCN1C(=O)C(=C)F. The van der Waals surface area contributed by atoms with Gasteiger partial charge in [-0.05, 0) is 150 Å². The minimum absolute atomic E-state index is 0. The Bertz CT molecular complexity index is 5990. The molecule has 0 radical (unpaired) electrons. The number of halogens is 3. The Morgan fingerprint density at radius 3 is 1.26 bits per heavy atom. The van der Waals surface area contributed by atoms with E-state index in [0.717, 1.165) is 171 Å². The van der Waals surface area contributed by atoms with Crippen LogP contribution in [0.25, 0.3) is 46.9 Å². The molecule has 2 N–H and O–H groups in total. The van der Waals surface area contributed by atoms with Crippen molar-refractivity contribution in [3.05, 3.63) is 231 Å². The molecule has 9 aliphatic heterocycles. The summed E-state index contributed by atoms with van der Waals surface area (Å²) in [7, 11) is 2.10. The molecule has 7 atom stereocenters. The number of benzene rings is 6. The number of morpholine rings is 1. The summed E-state index contributed by atoms with van der Waals surface area (Å²) in [5.41, 5.74) is 12.6. The maximum Gasteiger partial charge on any atom is 0.318 e. The van der Waals surface area contributed by atoms with Gasteiger partial charge in [0, 0.05) is 160 Å². The fraction of sp³-hybridized carbons (Fsp3) is 0.465. The first kappa shape index (κ1) is 113. The van der Waals surface area contributed by atoms with Crippen LogP contribution in [0.3, 0.4) is 0 Å². The molecular weight excluding hydrogens is 1920 g/mol. The Morgan fingerprint density at radius 2 is 0.871 bits per heavy atom. The molecule has 29 nitrogen and oxygen atoms in total. The molecule has 6 aromatic carbocycles. The Kier molecular flexibility index (Phi) is 42.1. The van der Waals surface area contributed by atoms with Gasteiger partial charge in [-0.25, -0.2) is 32.9 Å². The van der Waals surface area contributed by atoms with E-state index in [-0.39, 0.29) is 152 Å². The number of aryl methyl sites for hydroxylation is 2. The molecule has 9 aromatic rings. The van der Waals surface area contributed by atoms with E-state index in [4.69, 9.17) is 68.6 Å². The zero-order valence-corrected chi connectivity index (χ0v) is 87.2. The lowest BCUT2D eigenvalue weighted by Gasteiger charge is -2.41. The summed E-state index contributed by atoms with van der Waals surface area (Å²) in [6.45, 7) is 54.1. The van der Waals surface area contributed by atoms with Gasteiger partial charge in [0.05, 0.1) is 62.6 Å². The van der Waals surface area contributed by atoms with E-state index in [2.05, 4.69) is 205 Å². The highest BCUT2D eigenvalue weighted by Crippen LogP contribution is 2.42. The van der Waals surface area contributed by atoms with Crippen molar-refractivity contribution in [3.63, 3.8) is 0 Å². The molecule has 39 heteroatoms. The van der Waals surface area contributed by atoms with E-state index in [1.54, 1.807) is 0 Å². The fourth-order valence-electron chi connectivity index (χ4n) is 20.4. The Morgan fingerprint density at radius 1 is 0.479 bits per heavy atom. The van der Waals surface area contributed by atoms with Crippen LogP contribution < -0.4 is 48.9 Å². The number of nitrogens with one attached hydrogen (secondary N) is 1. The molecule has 0 spiro atoms. The molecule has 0 unspecified atom stereocenters. The first-order valence-electron chi connectivity index (χ1n) is 46.4. The van der Waals surface area contributed by atoms with Gasteiger partial charge in [0.1, 0.15) is 48.8 Å². The minimum Gasteiger partial charge on any atom is -0.463 e. The smallest absolute Gasteiger partial charge is 0.318 e. The summed E-state index contributed by atoms with van der Waals surface area (Å²) in [5.74, 6) is -2.98. The van der Waals surface area contributed by atoms with Gasteiger partial charge in [-0.3, -0.25) is 19.3 Å². The molecule has 140 heavy (non-hydrogen) atoms. The number of carbonyl (C=O) groups excluding carboxylic acids is 3. The van der Waals surface area contributed by atoms with Crippen molar-refractivity contribution in [2.45, 2.75) is 148 Å². The first-order valence-corrected chi connectivity index (χ1v) is 46.4. The number of carbonyl (C=O) groups is 3. The lowest BCUT2D eigenvalue weighted by Crippen LogP contribution is -2.57. The number of aliphatic hydroxyl groups excluding tert-OH is 1. The van der Waals surface area contributed by atoms with Crippen LogP contribution >= 0.6 is 94.5 Å². The number of piperazine rings is 3. The number of likely N-dealkylation sites (tertiary alicyclic amines) is 1. The topological polar surface area (TPSA) is 246 Å². The van der Waals surface area contributed by atoms with Gasteiger partial charge in [0.25, 0.3) is 17.7 Å². The van der Waals surface area contributed by atoms with E-state index in [1.165, 1.54) is 58.7 Å². The summed E-state index contributed by atoms with van der Waals surface area (Å²) < 4.78 is 65.9. The summed E-state index contributed by atoms with van der Waals surface area (Å²) in [6, 6.07) is 38.3. The molecule has 12 heterocycles. The number of ether oxygens (including phenoxy) is 4. The molecule has 6 fully saturated rings. The molecule has 752 valence electrons. The Balaban J connectivity index is 0.000000229. The van der Waals surface area contributed by atoms with Crippen molar-refractivity contribution in [1.82, 2.24) is 59.7 Å². The summed E-state index contributed by atoms with van der Waals surface area (Å²) in [4.78, 5) is 100. The van der Waals surface area contributed by atoms with Crippen molar-refractivity contribution in [2.75, 3.05) is 187 Å². The van der Waals surface area contributed by atoms with Gasteiger partial charge in [-0.1, -0.05) is 111 Å². The maximum atomic E-state index is 13.9. The van der Waals surface area contributed by atoms with Crippen molar-refractivity contribution in [3.8, 4) is 18.0 Å². The maximum absolute atomic E-state index is 13.9. The van der Waals surface area contributed by atoms with E-state index >= 15 is 0 Å². The van der Waals surface area contributed by atoms with Gasteiger partial charge in [-0.2, -0.15) is 124 Å². The first-order chi connectivity index (χ1) is 64.5. The molecule has 0 aliphatic carbocycles. The molecular formula is C101H132F3N21O8S7. The van der Waals surface area contributed by atoms with Gasteiger partial charge in [0.2, 0.25) is 19.6 Å². The second kappa shape index (κ2) is 52.1. The molecule has 18 rings (SSSR count). The summed E-state index contributed by atoms with van der Waals surface area (Å²) in [5, 5.41) is 20.6. The third-order valence-corrected chi connectivity index (χ3v) is 27.4. The van der Waals surface area contributed by atoms with Crippen LogP contribution in [0.2, 0.25) is 0 Å². The number of fused-ring (bicyclic) bond motifs is 6. The monoisotopic (exact) mass is 2050 g/mol. The molecule has 0 saturated carbocycles. The van der Waals surface area contributed by atoms with E-state index in [9.17, 15) is 32.7 Å². The fourth-order valence-corrected chi connectivity index (χ4v) is 20.4. The van der Waals surface area contributed by atoms with Crippen LogP contribution in [0.4, 0.5) is 47.7 Å². The molecule has 6 saturated heterocycles. The second-order valence-electron chi connectivity index (χ2n) is 36.0. The number of rotatable bonds is 24. The normalized spacial score (nSPS) is 19.8. The second-order valence-corrected chi connectivity index (χ2v) is 36.0. The van der Waals surface area contributed by atoms with Crippen molar-refractivity contribution in [1.29, 1.82) is 0 Å². The Labute approximate surface area is 868 Å². The van der Waals surface area contributed by atoms with Crippen LogP contribution in [0.1, 0.15) is 96.4 Å². The largest absolute Gasteiger partial charge is 0.463 e. The lowest BCUT2D eigenvalue weighted by atomic mass is 9.99. The highest BCUT2D eigenvalue weighted by Gasteiger charge is 2.42. The number of aliphatic hydroxyl groups is 1. The Hall–Kier alpha value is -10.3. The van der Waals surface area contributed by atoms with E-state index in [0.29, 0.717) is 115 Å². The number of nitrogens with zero attached hydrogens (tertiary/aromatic N) is 20. The highest BCUT2D eigenvalue weighted by molar-refractivity contribution is 7.60. The van der Waals surface area contributed by atoms with Gasteiger partial charge < -0.3 is 92.9 Å². The predicted octanol–water partition coefficient (Wildman–Crippen LogP) is 13.2. The van der Waals surface area contributed by atoms with Crippen LogP contribution in [0.5, 0.6) is 18.0 Å². The minimum atomic E-state index is -1.02. The summed E-state index contributed by atoms with van der Waals surface area (Å²) >= 11 is 0. The quantitative estimate of drug-likeness (QED) is 0.0324. The van der Waals surface area contributed by atoms with Crippen molar-refractivity contribution in [2.24, 2.45) is 0 Å². The standard InChI is InChI=1S/C36H44FN7O3.C33H38FN7O3.C32H36FN7O2.7H2S/c1-24-9-6-10-28-11-7-12-32(33(24)28)42-15-13-30-31(22-42)39-36(46-18-8-14-41-20-26(3)47-23-25(41)2)40-34(30)43-16-17-44(35(45)27(4)37)29(21-43)19-38-5;1-22(34)32(43)41-16-15-40(18-26(41)17-35-2)31-27-12-14-39(29-11-5-8-23-7-4-9-24(20-42)30(23)29)19-28(27)36-33(37-31)44-21-25-10-6-13-38(25)3;1-21-7-4-8-23-9-5-11-28(29(21)23)38-14-12-26-27(19-38)36-32(42-20-24-10-6-13-35-24)37-30(26)39-15-16-40(31(41)22(2)33)25(18-39)17-34-3;;;;;;;/h6-7,9-12,25-26,29H,4,8,13-23H2,1-3H3;4-5,7-9,11,25-26,42H,1,6,10,12-21H2,3H3;4-5,7-9,11,24-25,35H,2,6,10,12-20H2,1H3;7*1H2/t25-,26-,29-;25-,26-;24-,25-;;;;;;;/m000......./s1. The molecule has 3 aromatic heterocycles. The van der Waals surface area contributed by atoms with Crippen LogP contribution in [-0.4, -0.2) is 277 Å². The number of amides is 3. The number of hydrogen-bond acceptors (Lipinski definition) is 23. The molecule has 9 aliphatic rings. The number of aromatic nitrogens is 6. The summed E-state index contributed by atoms with van der Waals surface area (Å²) in [6.07, 6.45) is 7.58. The van der Waals surface area contributed by atoms with E-state index < -0.39 is 53.3 Å². The predicted molar refractivity (Wildman–Crippen MR) is 583 cm³/mol. The zero-order chi connectivity index (χ0) is 93.1. The van der Waals surface area contributed by atoms with Crippen LogP contribution in [-0.2, 0) is 64.6 Å². The zero-order valence-electron chi connectivity index (χ0n) is 80.2. The van der Waals surface area contributed by atoms with Gasteiger partial charge in [-0.15, -0.1) is 0 Å². The number of anilines is 6. The van der Waals surface area contributed by atoms with Crippen LogP contribution in [0, 0.1) is 33.6 Å². The van der Waals surface area contributed by atoms with Gasteiger partial charge in [0.15, 0.2) is 17.5 Å². The number of hydrogen-bond donors (Lipinski definition) is 2. The van der Waals surface area contributed by atoms with Crippen LogP contribution in [0.15, 0.2) is 146 Å². The number of likely N-dealkylation sites (N-methyl/N-ethyl adjacent to an activating group) is 1.